The molecule has 1 heterocycles. The molecule has 0 spiro atoms. The van der Waals surface area contributed by atoms with Gasteiger partial charge in [0.25, 0.3) is 0 Å². The van der Waals surface area contributed by atoms with Crippen molar-refractivity contribution >= 4 is 28.3 Å². The van der Waals surface area contributed by atoms with Crippen LogP contribution >= 0.6 is 11.6 Å². The summed E-state index contributed by atoms with van der Waals surface area (Å²) in [5.74, 6) is 0.0925. The van der Waals surface area contributed by atoms with Crippen LogP contribution in [-0.2, 0) is 13.5 Å². The van der Waals surface area contributed by atoms with Gasteiger partial charge >= 0.3 is 0 Å². The van der Waals surface area contributed by atoms with E-state index in [0.29, 0.717) is 11.4 Å². The first kappa shape index (κ1) is 12.9. The fraction of sp³-hybridized carbons (Fsp3) is 0.118. The molecule has 0 aliphatic heterocycles. The van der Waals surface area contributed by atoms with Gasteiger partial charge in [0, 0.05) is 41.2 Å². The number of fused-ring (bicyclic) bond motifs is 1. The third kappa shape index (κ3) is 2.23. The van der Waals surface area contributed by atoms with Crippen molar-refractivity contribution in [1.29, 1.82) is 0 Å². The first-order chi connectivity index (χ1) is 9.66. The van der Waals surface area contributed by atoms with Crippen LogP contribution in [0, 0.1) is 0 Å². The highest BCUT2D eigenvalue weighted by Gasteiger charge is 2.15. The summed E-state index contributed by atoms with van der Waals surface area (Å²) < 4.78 is 1.98. The van der Waals surface area contributed by atoms with Crippen LogP contribution in [0.5, 0.6) is 0 Å². The molecule has 0 saturated heterocycles. The number of para-hydroxylation sites is 1. The minimum absolute atomic E-state index is 0.0925. The number of ketones is 1. The van der Waals surface area contributed by atoms with Crippen LogP contribution in [0.25, 0.3) is 10.9 Å². The molecule has 0 fully saturated rings. The van der Waals surface area contributed by atoms with E-state index in [1.54, 1.807) is 0 Å². The molecule has 20 heavy (non-hydrogen) atoms. The molecule has 0 saturated carbocycles. The normalized spacial score (nSPS) is 10.9. The Balaban J connectivity index is 2.00. The lowest BCUT2D eigenvalue weighted by Crippen LogP contribution is -2.03. The lowest BCUT2D eigenvalue weighted by molar-refractivity contribution is 0.0994. The van der Waals surface area contributed by atoms with Gasteiger partial charge in [-0.1, -0.05) is 48.0 Å². The second-order valence-corrected chi connectivity index (χ2v) is 5.27. The fourth-order valence-corrected chi connectivity index (χ4v) is 2.68. The summed E-state index contributed by atoms with van der Waals surface area (Å²) in [6.07, 6.45) is 2.22. The average Bonchev–Trinajstić information content (AvgIpc) is 2.79. The van der Waals surface area contributed by atoms with E-state index in [-0.39, 0.29) is 5.78 Å². The molecule has 1 aromatic heterocycles. The van der Waals surface area contributed by atoms with Gasteiger partial charge in [-0.2, -0.15) is 0 Å². The molecule has 0 unspecified atom stereocenters. The van der Waals surface area contributed by atoms with E-state index >= 15 is 0 Å². The molecule has 3 heteroatoms. The van der Waals surface area contributed by atoms with Crippen molar-refractivity contribution in [3.05, 3.63) is 70.9 Å². The summed E-state index contributed by atoms with van der Waals surface area (Å²) in [5.41, 5.74) is 2.69. The second-order valence-electron chi connectivity index (χ2n) is 4.86. The highest BCUT2D eigenvalue weighted by Crippen LogP contribution is 2.23. The van der Waals surface area contributed by atoms with Gasteiger partial charge in [-0.05, 0) is 17.7 Å². The van der Waals surface area contributed by atoms with E-state index in [2.05, 4.69) is 0 Å². The molecule has 3 aromatic rings. The number of Topliss-reactive ketones (excluding diaryl/α,β-unsaturated/α-hetero) is 1. The molecule has 0 radical (unpaired) electrons. The van der Waals surface area contributed by atoms with E-state index in [9.17, 15) is 4.79 Å². The first-order valence-corrected chi connectivity index (χ1v) is 6.85. The standard InChI is InChI=1S/C17H14ClNO/c1-19-11-14(13-7-3-5-9-16(13)19)17(20)10-12-6-2-4-8-15(12)18/h2-9,11H,10H2,1H3. The van der Waals surface area contributed by atoms with Crippen molar-refractivity contribution in [2.75, 3.05) is 0 Å². The average molecular weight is 284 g/mol. The van der Waals surface area contributed by atoms with Crippen LogP contribution in [0.4, 0.5) is 0 Å². The molecule has 2 aromatic carbocycles. The summed E-state index contributed by atoms with van der Waals surface area (Å²) in [4.78, 5) is 12.5. The van der Waals surface area contributed by atoms with E-state index in [1.807, 2.05) is 66.3 Å². The Morgan fingerprint density at radius 2 is 1.80 bits per heavy atom. The maximum absolute atomic E-state index is 12.5. The van der Waals surface area contributed by atoms with Crippen molar-refractivity contribution in [1.82, 2.24) is 4.57 Å². The summed E-state index contributed by atoms with van der Waals surface area (Å²) in [5, 5.41) is 1.63. The first-order valence-electron chi connectivity index (χ1n) is 6.47. The molecular formula is C17H14ClNO. The van der Waals surface area contributed by atoms with Crippen molar-refractivity contribution in [3.8, 4) is 0 Å². The van der Waals surface area contributed by atoms with Crippen LogP contribution < -0.4 is 0 Å². The SMILES string of the molecule is Cn1cc(C(=O)Cc2ccccc2Cl)c2ccccc21. The van der Waals surface area contributed by atoms with Crippen molar-refractivity contribution in [3.63, 3.8) is 0 Å². The number of benzene rings is 2. The number of nitrogens with zero attached hydrogens (tertiary/aromatic N) is 1. The molecule has 0 amide bonds. The minimum atomic E-state index is 0.0925. The van der Waals surface area contributed by atoms with Gasteiger partial charge in [-0.3, -0.25) is 4.79 Å². The molecule has 3 rings (SSSR count). The lowest BCUT2D eigenvalue weighted by atomic mass is 10.0. The van der Waals surface area contributed by atoms with Gasteiger partial charge in [0.15, 0.2) is 5.78 Å². The number of rotatable bonds is 3. The maximum atomic E-state index is 12.5. The van der Waals surface area contributed by atoms with Gasteiger partial charge in [0.05, 0.1) is 0 Å². The molecule has 0 atom stereocenters. The summed E-state index contributed by atoms with van der Waals surface area (Å²) in [6, 6.07) is 15.4. The Kier molecular flexibility index (Phi) is 3.33. The molecule has 0 aliphatic rings. The summed E-state index contributed by atoms with van der Waals surface area (Å²) in [6.45, 7) is 0. The molecule has 0 aliphatic carbocycles. The highest BCUT2D eigenvalue weighted by atomic mass is 35.5. The van der Waals surface area contributed by atoms with E-state index in [1.165, 1.54) is 0 Å². The lowest BCUT2D eigenvalue weighted by Gasteiger charge is -2.02. The van der Waals surface area contributed by atoms with Gasteiger partial charge < -0.3 is 4.57 Å². The van der Waals surface area contributed by atoms with Crippen LogP contribution in [0.1, 0.15) is 15.9 Å². The van der Waals surface area contributed by atoms with Gasteiger partial charge in [0.1, 0.15) is 0 Å². The molecule has 100 valence electrons. The third-order valence-electron chi connectivity index (χ3n) is 3.51. The van der Waals surface area contributed by atoms with Crippen LogP contribution in [0.15, 0.2) is 54.7 Å². The number of halogens is 1. The number of hydrogen-bond donors (Lipinski definition) is 0. The predicted molar refractivity (Wildman–Crippen MR) is 82.4 cm³/mol. The number of carbonyl (C=O) groups excluding carboxylic acids is 1. The molecule has 2 nitrogen and oxygen atoms in total. The van der Waals surface area contributed by atoms with Crippen molar-refractivity contribution < 1.29 is 4.79 Å². The Labute approximate surface area is 122 Å². The quantitative estimate of drug-likeness (QED) is 0.659. The molecule has 0 N–H and O–H groups in total. The summed E-state index contributed by atoms with van der Waals surface area (Å²) in [7, 11) is 1.95. The Bertz CT molecular complexity index is 789. The number of carbonyl (C=O) groups is 1. The zero-order valence-corrected chi connectivity index (χ0v) is 11.9. The minimum Gasteiger partial charge on any atom is -0.350 e. The van der Waals surface area contributed by atoms with E-state index < -0.39 is 0 Å². The largest absolute Gasteiger partial charge is 0.350 e. The topological polar surface area (TPSA) is 22.0 Å². The van der Waals surface area contributed by atoms with Crippen LogP contribution in [-0.4, -0.2) is 10.4 Å². The van der Waals surface area contributed by atoms with Crippen molar-refractivity contribution in [2.45, 2.75) is 6.42 Å². The zero-order valence-electron chi connectivity index (χ0n) is 11.1. The smallest absolute Gasteiger partial charge is 0.169 e. The Morgan fingerprint density at radius 1 is 1.10 bits per heavy atom. The maximum Gasteiger partial charge on any atom is 0.169 e. The van der Waals surface area contributed by atoms with Gasteiger partial charge in [-0.15, -0.1) is 0 Å². The van der Waals surface area contributed by atoms with Crippen molar-refractivity contribution in [2.24, 2.45) is 7.05 Å². The van der Waals surface area contributed by atoms with Crippen LogP contribution in [0.3, 0.4) is 0 Å². The van der Waals surface area contributed by atoms with Crippen LogP contribution in [0.2, 0.25) is 5.02 Å². The number of hydrogen-bond acceptors (Lipinski definition) is 1. The monoisotopic (exact) mass is 283 g/mol. The number of aryl methyl sites for hydroxylation is 1. The molecular weight excluding hydrogens is 270 g/mol. The second kappa shape index (κ2) is 5.14. The van der Waals surface area contributed by atoms with E-state index in [0.717, 1.165) is 22.0 Å². The predicted octanol–water partition coefficient (Wildman–Crippen LogP) is 4.26. The fourth-order valence-electron chi connectivity index (χ4n) is 2.47. The van der Waals surface area contributed by atoms with Gasteiger partial charge in [-0.25, -0.2) is 0 Å². The van der Waals surface area contributed by atoms with Gasteiger partial charge in [0.2, 0.25) is 0 Å². The Morgan fingerprint density at radius 3 is 2.60 bits per heavy atom. The Hall–Kier alpha value is -2.06. The third-order valence-corrected chi connectivity index (χ3v) is 3.87. The van der Waals surface area contributed by atoms with E-state index in [4.69, 9.17) is 11.6 Å². The molecule has 0 bridgehead atoms. The zero-order chi connectivity index (χ0) is 14.1. The number of aromatic nitrogens is 1. The highest BCUT2D eigenvalue weighted by molar-refractivity contribution is 6.31. The summed E-state index contributed by atoms with van der Waals surface area (Å²) >= 11 is 6.12.